The number of carbonyl (C=O) groups excluding carboxylic acids is 1. The summed E-state index contributed by atoms with van der Waals surface area (Å²) in [6.07, 6.45) is 1.88. The number of nitrogens with one attached hydrogen (secondary N) is 1. The van der Waals surface area contributed by atoms with Gasteiger partial charge in [0.05, 0.1) is 17.4 Å². The predicted molar refractivity (Wildman–Crippen MR) is 82.7 cm³/mol. The second-order valence-electron chi connectivity index (χ2n) is 5.87. The van der Waals surface area contributed by atoms with Crippen LogP contribution in [-0.2, 0) is 4.79 Å². The smallest absolute Gasteiger partial charge is 0.192 e. The fourth-order valence-corrected chi connectivity index (χ4v) is 3.77. The highest BCUT2D eigenvalue weighted by Crippen LogP contribution is 2.42. The first-order chi connectivity index (χ1) is 10.1. The van der Waals surface area contributed by atoms with Crippen LogP contribution in [-0.4, -0.2) is 43.2 Å². The van der Waals surface area contributed by atoms with Crippen molar-refractivity contribution in [2.24, 2.45) is 0 Å². The summed E-state index contributed by atoms with van der Waals surface area (Å²) in [5.41, 5.74) is 2.73. The third-order valence-corrected chi connectivity index (χ3v) is 4.79. The van der Waals surface area contributed by atoms with E-state index in [1.807, 2.05) is 53.1 Å². The molecule has 5 nitrogen and oxygen atoms in total. The van der Waals surface area contributed by atoms with E-state index in [0.29, 0.717) is 11.4 Å². The number of para-hydroxylation sites is 2. The first-order valence-electron chi connectivity index (χ1n) is 7.32. The van der Waals surface area contributed by atoms with Gasteiger partial charge in [0.2, 0.25) is 0 Å². The summed E-state index contributed by atoms with van der Waals surface area (Å²) in [7, 11) is 3.93. The molecule has 0 saturated carbocycles. The highest BCUT2D eigenvalue weighted by atomic mass is 16.1. The molecule has 2 fully saturated rings. The molecule has 0 radical (unpaired) electrons. The zero-order valence-corrected chi connectivity index (χ0v) is 12.3. The van der Waals surface area contributed by atoms with Crippen LogP contribution in [0.15, 0.2) is 35.7 Å². The lowest BCUT2D eigenvalue weighted by molar-refractivity contribution is -0.116. The Morgan fingerprint density at radius 2 is 1.76 bits per heavy atom. The molecule has 5 heteroatoms. The van der Waals surface area contributed by atoms with Gasteiger partial charge in [-0.25, -0.2) is 0 Å². The SMILES string of the molecule is CN1C(=C2C(=N)N3CCC[C@@H]3C2=O)N(C)c2ccccc21. The maximum atomic E-state index is 12.7. The molecule has 1 aromatic rings. The number of hydrogen-bond acceptors (Lipinski definition) is 4. The van der Waals surface area contributed by atoms with Crippen LogP contribution in [0.5, 0.6) is 0 Å². The Morgan fingerprint density at radius 3 is 2.33 bits per heavy atom. The first kappa shape index (κ1) is 12.4. The van der Waals surface area contributed by atoms with Crippen LogP contribution in [0.4, 0.5) is 11.4 Å². The molecule has 1 atom stereocenters. The van der Waals surface area contributed by atoms with Crippen molar-refractivity contribution >= 4 is 23.0 Å². The number of ketones is 1. The summed E-state index contributed by atoms with van der Waals surface area (Å²) >= 11 is 0. The van der Waals surface area contributed by atoms with E-state index in [1.165, 1.54) is 0 Å². The molecule has 4 rings (SSSR count). The van der Waals surface area contributed by atoms with Gasteiger partial charge in [0, 0.05) is 20.6 Å². The van der Waals surface area contributed by atoms with Crippen molar-refractivity contribution in [2.45, 2.75) is 18.9 Å². The van der Waals surface area contributed by atoms with Crippen LogP contribution in [0.1, 0.15) is 12.8 Å². The summed E-state index contributed by atoms with van der Waals surface area (Å²) in [6, 6.07) is 7.98. The quantitative estimate of drug-likeness (QED) is 0.737. The average Bonchev–Trinajstić information content (AvgIpc) is 3.12. The Bertz CT molecular complexity index is 638. The second kappa shape index (κ2) is 4.10. The van der Waals surface area contributed by atoms with Crippen LogP contribution < -0.4 is 9.80 Å². The molecule has 0 unspecified atom stereocenters. The van der Waals surface area contributed by atoms with Gasteiger partial charge in [0.1, 0.15) is 17.2 Å². The van der Waals surface area contributed by atoms with Crippen molar-refractivity contribution in [1.82, 2.24) is 4.90 Å². The lowest BCUT2D eigenvalue weighted by Gasteiger charge is -2.21. The molecule has 3 aliphatic rings. The van der Waals surface area contributed by atoms with Crippen molar-refractivity contribution in [3.63, 3.8) is 0 Å². The fraction of sp³-hybridized carbons (Fsp3) is 0.375. The van der Waals surface area contributed by atoms with Crippen molar-refractivity contribution in [2.75, 3.05) is 30.4 Å². The Balaban J connectivity index is 1.87. The van der Waals surface area contributed by atoms with Gasteiger partial charge in [-0.2, -0.15) is 0 Å². The fourth-order valence-electron chi connectivity index (χ4n) is 3.77. The molecular formula is C16H18N4O. The van der Waals surface area contributed by atoms with E-state index in [9.17, 15) is 4.79 Å². The Morgan fingerprint density at radius 1 is 1.14 bits per heavy atom. The number of rotatable bonds is 0. The van der Waals surface area contributed by atoms with E-state index in [4.69, 9.17) is 5.41 Å². The molecule has 3 heterocycles. The maximum absolute atomic E-state index is 12.7. The zero-order chi connectivity index (χ0) is 14.7. The summed E-state index contributed by atoms with van der Waals surface area (Å²) in [5, 5.41) is 8.41. The number of amidine groups is 1. The van der Waals surface area contributed by atoms with Gasteiger partial charge in [-0.05, 0) is 25.0 Å². The van der Waals surface area contributed by atoms with Crippen molar-refractivity contribution in [3.8, 4) is 0 Å². The Hall–Kier alpha value is -2.30. The number of nitrogens with zero attached hydrogens (tertiary/aromatic N) is 3. The van der Waals surface area contributed by atoms with Gasteiger partial charge >= 0.3 is 0 Å². The molecule has 0 aliphatic carbocycles. The van der Waals surface area contributed by atoms with E-state index < -0.39 is 0 Å². The van der Waals surface area contributed by atoms with Gasteiger partial charge in [-0.1, -0.05) is 12.1 Å². The van der Waals surface area contributed by atoms with E-state index in [2.05, 4.69) is 0 Å². The number of benzene rings is 1. The van der Waals surface area contributed by atoms with E-state index in [1.54, 1.807) is 0 Å². The van der Waals surface area contributed by atoms with Crippen LogP contribution >= 0.6 is 0 Å². The summed E-state index contributed by atoms with van der Waals surface area (Å²) in [4.78, 5) is 18.7. The highest BCUT2D eigenvalue weighted by Gasteiger charge is 2.47. The molecule has 0 amide bonds. The minimum Gasteiger partial charge on any atom is -0.346 e. The second-order valence-corrected chi connectivity index (χ2v) is 5.87. The number of carbonyl (C=O) groups is 1. The Labute approximate surface area is 124 Å². The topological polar surface area (TPSA) is 50.6 Å². The largest absolute Gasteiger partial charge is 0.346 e. The third-order valence-electron chi connectivity index (χ3n) is 4.79. The Kier molecular flexibility index (Phi) is 2.43. The van der Waals surface area contributed by atoms with Gasteiger partial charge in [0.25, 0.3) is 0 Å². The zero-order valence-electron chi connectivity index (χ0n) is 12.3. The predicted octanol–water partition coefficient (Wildman–Crippen LogP) is 1.81. The van der Waals surface area contributed by atoms with Crippen molar-refractivity contribution in [3.05, 3.63) is 35.7 Å². The standard InChI is InChI=1S/C16H18N4O/c1-18-10-6-3-4-7-11(10)19(2)16(18)13-14(21)12-8-5-9-20(12)15(13)17/h3-4,6-7,12,17H,5,8-9H2,1-2H3/t12-/m1/s1. The molecule has 0 bridgehead atoms. The van der Waals surface area contributed by atoms with E-state index >= 15 is 0 Å². The highest BCUT2D eigenvalue weighted by molar-refractivity contribution is 6.29. The van der Waals surface area contributed by atoms with E-state index in [0.717, 1.165) is 36.6 Å². The molecule has 1 N–H and O–H groups in total. The lowest BCUT2D eigenvalue weighted by atomic mass is 10.1. The van der Waals surface area contributed by atoms with Crippen LogP contribution in [0.2, 0.25) is 0 Å². The molecule has 3 aliphatic heterocycles. The molecule has 0 aromatic heterocycles. The number of Topliss-reactive ketones (excluding diaryl/α,β-unsaturated/α-hetero) is 1. The molecular weight excluding hydrogens is 264 g/mol. The molecule has 0 spiro atoms. The van der Waals surface area contributed by atoms with Crippen molar-refractivity contribution < 1.29 is 4.79 Å². The summed E-state index contributed by atoms with van der Waals surface area (Å²) < 4.78 is 0. The van der Waals surface area contributed by atoms with Crippen LogP contribution in [0.25, 0.3) is 0 Å². The summed E-state index contributed by atoms with van der Waals surface area (Å²) in [5.74, 6) is 1.34. The average molecular weight is 282 g/mol. The third kappa shape index (κ3) is 1.46. The number of anilines is 2. The van der Waals surface area contributed by atoms with Crippen molar-refractivity contribution in [1.29, 1.82) is 5.41 Å². The molecule has 2 saturated heterocycles. The number of hydrogen-bond donors (Lipinski definition) is 1. The first-order valence-corrected chi connectivity index (χ1v) is 7.32. The van der Waals surface area contributed by atoms with Gasteiger partial charge < -0.3 is 14.7 Å². The number of fused-ring (bicyclic) bond motifs is 2. The maximum Gasteiger partial charge on any atom is 0.192 e. The normalized spacial score (nSPS) is 24.3. The van der Waals surface area contributed by atoms with E-state index in [-0.39, 0.29) is 11.8 Å². The molecule has 1 aromatic carbocycles. The molecule has 21 heavy (non-hydrogen) atoms. The van der Waals surface area contributed by atoms with Crippen LogP contribution in [0.3, 0.4) is 0 Å². The molecule has 108 valence electrons. The van der Waals surface area contributed by atoms with Gasteiger partial charge in [-0.3, -0.25) is 10.2 Å². The summed E-state index contributed by atoms with van der Waals surface area (Å²) in [6.45, 7) is 0.826. The minimum absolute atomic E-state index is 0.106. The van der Waals surface area contributed by atoms with Gasteiger partial charge in [0.15, 0.2) is 5.78 Å². The lowest BCUT2D eigenvalue weighted by Crippen LogP contribution is -2.29. The minimum atomic E-state index is -0.106. The monoisotopic (exact) mass is 282 g/mol. The van der Waals surface area contributed by atoms with Crippen LogP contribution in [0, 0.1) is 5.41 Å². The van der Waals surface area contributed by atoms with Gasteiger partial charge in [-0.15, -0.1) is 0 Å².